The molecular weight excluding hydrogens is 386 g/mol. The molecule has 0 saturated heterocycles. The predicted molar refractivity (Wildman–Crippen MR) is 109 cm³/mol. The highest BCUT2D eigenvalue weighted by atomic mass is 35.5. The number of hydrazine groups is 1. The van der Waals surface area contributed by atoms with Gasteiger partial charge in [0, 0.05) is 10.8 Å². The van der Waals surface area contributed by atoms with Crippen molar-refractivity contribution < 1.29 is 14.0 Å². The Balaban J connectivity index is 1.71. The van der Waals surface area contributed by atoms with E-state index in [-0.39, 0.29) is 17.4 Å². The van der Waals surface area contributed by atoms with Gasteiger partial charge in [0.15, 0.2) is 5.76 Å². The molecule has 1 aromatic carbocycles. The second kappa shape index (κ2) is 11.0. The van der Waals surface area contributed by atoms with Crippen LogP contribution in [0.15, 0.2) is 40.8 Å². The normalized spacial score (nSPS) is 10.8. The number of nitrogens with zero attached hydrogens (tertiary/aromatic N) is 1. The van der Waals surface area contributed by atoms with Crippen LogP contribution in [0.5, 0.6) is 0 Å². The number of carbonyl (C=O) groups is 2. The highest BCUT2D eigenvalue weighted by Gasteiger charge is 2.13. The average molecular weight is 410 g/mol. The van der Waals surface area contributed by atoms with Gasteiger partial charge in [0.1, 0.15) is 5.76 Å². The second-order valence-electron chi connectivity index (χ2n) is 5.85. The molecule has 1 heterocycles. The number of carbonyl (C=O) groups excluding carboxylic acids is 2. The summed E-state index contributed by atoms with van der Waals surface area (Å²) < 4.78 is 5.54. The number of hydrogen-bond donors (Lipinski definition) is 2. The molecule has 2 aromatic rings. The summed E-state index contributed by atoms with van der Waals surface area (Å²) in [4.78, 5) is 26.1. The first-order valence-corrected chi connectivity index (χ1v) is 10.3. The van der Waals surface area contributed by atoms with Crippen molar-refractivity contribution >= 4 is 35.2 Å². The zero-order valence-electron chi connectivity index (χ0n) is 15.5. The molecule has 0 radical (unpaired) electrons. The van der Waals surface area contributed by atoms with Gasteiger partial charge >= 0.3 is 5.91 Å². The third-order valence-electron chi connectivity index (χ3n) is 3.87. The molecule has 27 heavy (non-hydrogen) atoms. The number of amides is 2. The molecule has 0 saturated carbocycles. The van der Waals surface area contributed by atoms with E-state index in [9.17, 15) is 9.59 Å². The molecule has 0 aliphatic rings. The molecule has 0 bridgehead atoms. The number of furan rings is 1. The van der Waals surface area contributed by atoms with E-state index in [1.165, 1.54) is 11.8 Å². The molecular formula is C19H24ClN3O3S. The van der Waals surface area contributed by atoms with E-state index in [2.05, 4.69) is 29.6 Å². The third kappa shape index (κ3) is 7.28. The number of benzene rings is 1. The topological polar surface area (TPSA) is 74.6 Å². The lowest BCUT2D eigenvalue weighted by molar-refractivity contribution is -0.119. The van der Waals surface area contributed by atoms with E-state index >= 15 is 0 Å². The van der Waals surface area contributed by atoms with Crippen LogP contribution < -0.4 is 10.9 Å². The summed E-state index contributed by atoms with van der Waals surface area (Å²) in [5.41, 5.74) is 5.81. The maximum Gasteiger partial charge on any atom is 0.305 e. The van der Waals surface area contributed by atoms with E-state index in [4.69, 9.17) is 16.0 Å². The van der Waals surface area contributed by atoms with Crippen molar-refractivity contribution in [2.75, 3.05) is 18.8 Å². The molecule has 0 aliphatic carbocycles. The first kappa shape index (κ1) is 21.3. The molecule has 0 fully saturated rings. The van der Waals surface area contributed by atoms with Crippen molar-refractivity contribution in [2.45, 2.75) is 26.1 Å². The van der Waals surface area contributed by atoms with Gasteiger partial charge in [-0.05, 0) is 42.9 Å². The maximum absolute atomic E-state index is 12.1. The fraction of sp³-hybridized carbons (Fsp3) is 0.368. The lowest BCUT2D eigenvalue weighted by atomic mass is 10.2. The average Bonchev–Trinajstić information content (AvgIpc) is 3.13. The smallest absolute Gasteiger partial charge is 0.305 e. The number of nitrogens with one attached hydrogen (secondary N) is 2. The van der Waals surface area contributed by atoms with E-state index < -0.39 is 5.91 Å². The number of hydrogen-bond acceptors (Lipinski definition) is 5. The van der Waals surface area contributed by atoms with Crippen LogP contribution >= 0.6 is 23.4 Å². The number of rotatable bonds is 9. The molecule has 146 valence electrons. The van der Waals surface area contributed by atoms with Crippen LogP contribution in [0.25, 0.3) is 0 Å². The van der Waals surface area contributed by atoms with Crippen molar-refractivity contribution in [3.63, 3.8) is 0 Å². The summed E-state index contributed by atoms with van der Waals surface area (Å²) in [6.45, 7) is 6.59. The molecule has 0 aliphatic heterocycles. The Kier molecular flexibility index (Phi) is 8.71. The van der Waals surface area contributed by atoms with Gasteiger partial charge in [0.25, 0.3) is 0 Å². The zero-order chi connectivity index (χ0) is 19.6. The molecule has 1 aromatic heterocycles. The summed E-state index contributed by atoms with van der Waals surface area (Å²) in [6, 6.07) is 10.9. The first-order valence-electron chi connectivity index (χ1n) is 8.74. The fourth-order valence-electron chi connectivity index (χ4n) is 2.37. The van der Waals surface area contributed by atoms with Gasteiger partial charge in [-0.15, -0.1) is 11.8 Å². The van der Waals surface area contributed by atoms with Gasteiger partial charge < -0.3 is 4.42 Å². The van der Waals surface area contributed by atoms with Crippen LogP contribution in [0.2, 0.25) is 5.02 Å². The molecule has 6 nitrogen and oxygen atoms in total. The Labute approximate surface area is 168 Å². The second-order valence-corrected chi connectivity index (χ2v) is 7.27. The van der Waals surface area contributed by atoms with Gasteiger partial charge in [-0.3, -0.25) is 25.3 Å². The highest BCUT2D eigenvalue weighted by molar-refractivity contribution is 7.99. The molecule has 8 heteroatoms. The largest absolute Gasteiger partial charge is 0.454 e. The molecule has 2 amide bonds. The Morgan fingerprint density at radius 3 is 2.63 bits per heavy atom. The van der Waals surface area contributed by atoms with Crippen LogP contribution in [0.3, 0.4) is 0 Å². The van der Waals surface area contributed by atoms with Crippen LogP contribution in [0.4, 0.5) is 0 Å². The van der Waals surface area contributed by atoms with Crippen molar-refractivity contribution in [3.8, 4) is 0 Å². The summed E-state index contributed by atoms with van der Waals surface area (Å²) in [6.07, 6.45) is 0. The van der Waals surface area contributed by atoms with Crippen LogP contribution in [-0.2, 0) is 17.1 Å². The minimum atomic E-state index is -0.478. The predicted octanol–water partition coefficient (Wildman–Crippen LogP) is 3.47. The van der Waals surface area contributed by atoms with Crippen molar-refractivity contribution in [3.05, 3.63) is 58.5 Å². The lowest BCUT2D eigenvalue weighted by Crippen LogP contribution is -2.42. The summed E-state index contributed by atoms with van der Waals surface area (Å²) in [5, 5.41) is 0.670. The Bertz CT molecular complexity index is 762. The quantitative estimate of drug-likeness (QED) is 0.620. The van der Waals surface area contributed by atoms with Gasteiger partial charge in [-0.1, -0.05) is 37.6 Å². The SMILES string of the molecule is CCN(CC)Cc1ccc(C(=O)NNC(=O)CSCc2cccc(Cl)c2)o1. The number of thioether (sulfide) groups is 1. The van der Waals surface area contributed by atoms with Gasteiger partial charge in [-0.25, -0.2) is 0 Å². The Morgan fingerprint density at radius 1 is 1.15 bits per heavy atom. The molecule has 0 atom stereocenters. The van der Waals surface area contributed by atoms with Gasteiger partial charge in [-0.2, -0.15) is 0 Å². The highest BCUT2D eigenvalue weighted by Crippen LogP contribution is 2.16. The Morgan fingerprint density at radius 2 is 1.93 bits per heavy atom. The molecule has 2 N–H and O–H groups in total. The first-order chi connectivity index (χ1) is 13.0. The summed E-state index contributed by atoms with van der Waals surface area (Å²) >= 11 is 7.36. The monoisotopic (exact) mass is 409 g/mol. The van der Waals surface area contributed by atoms with E-state index in [1.807, 2.05) is 18.2 Å². The maximum atomic E-state index is 12.1. The van der Waals surface area contributed by atoms with Gasteiger partial charge in [0.2, 0.25) is 5.91 Å². The van der Waals surface area contributed by atoms with Gasteiger partial charge in [0.05, 0.1) is 12.3 Å². The van der Waals surface area contributed by atoms with Crippen molar-refractivity contribution in [1.82, 2.24) is 15.8 Å². The molecule has 0 unspecified atom stereocenters. The molecule has 2 rings (SSSR count). The Hall–Kier alpha value is -1.96. The fourth-order valence-corrected chi connectivity index (χ4v) is 3.35. The van der Waals surface area contributed by atoms with E-state index in [1.54, 1.807) is 18.2 Å². The van der Waals surface area contributed by atoms with Crippen LogP contribution in [-0.4, -0.2) is 35.6 Å². The minimum Gasteiger partial charge on any atom is -0.454 e. The summed E-state index contributed by atoms with van der Waals surface area (Å²) in [7, 11) is 0. The van der Waals surface area contributed by atoms with Crippen LogP contribution in [0.1, 0.15) is 35.7 Å². The van der Waals surface area contributed by atoms with Crippen molar-refractivity contribution in [1.29, 1.82) is 0 Å². The summed E-state index contributed by atoms with van der Waals surface area (Å²) in [5.74, 6) is 1.00. The van der Waals surface area contributed by atoms with E-state index in [0.717, 1.165) is 18.7 Å². The lowest BCUT2D eigenvalue weighted by Gasteiger charge is -2.15. The standard InChI is InChI=1S/C19H24ClN3O3S/c1-3-23(4-2)11-16-8-9-17(26-16)19(25)22-21-18(24)13-27-12-14-6-5-7-15(20)10-14/h5-10H,3-4,11-13H2,1-2H3,(H,21,24)(H,22,25). The molecule has 0 spiro atoms. The minimum absolute atomic E-state index is 0.170. The number of halogens is 1. The van der Waals surface area contributed by atoms with E-state index in [0.29, 0.717) is 23.1 Å². The van der Waals surface area contributed by atoms with Crippen LogP contribution in [0, 0.1) is 0 Å². The van der Waals surface area contributed by atoms with Crippen molar-refractivity contribution in [2.24, 2.45) is 0 Å². The third-order valence-corrected chi connectivity index (χ3v) is 5.10. The zero-order valence-corrected chi connectivity index (χ0v) is 17.0.